The lowest BCUT2D eigenvalue weighted by Gasteiger charge is -2.43. The number of phenols is 1. The van der Waals surface area contributed by atoms with E-state index in [-0.39, 0.29) is 17.7 Å². The Balaban J connectivity index is 1.42. The highest BCUT2D eigenvalue weighted by Gasteiger charge is 2.57. The summed E-state index contributed by atoms with van der Waals surface area (Å²) in [7, 11) is 0. The van der Waals surface area contributed by atoms with Crippen molar-refractivity contribution in [2.75, 3.05) is 0 Å². The average Bonchev–Trinajstić information content (AvgIpc) is 3.39. The van der Waals surface area contributed by atoms with Crippen molar-refractivity contribution in [3.63, 3.8) is 0 Å². The van der Waals surface area contributed by atoms with Gasteiger partial charge in [0.2, 0.25) is 0 Å². The van der Waals surface area contributed by atoms with E-state index in [1.807, 2.05) is 53.5 Å². The number of hydrogen-bond donors (Lipinski definition) is 2. The van der Waals surface area contributed by atoms with Crippen LogP contribution in [0.3, 0.4) is 0 Å². The Morgan fingerprint density at radius 2 is 1.81 bits per heavy atom. The standard InChI is InChI=1S/C25H19N3O3S/c29-18-12-10-16(11-13-18)14-23-24(30)26-25(32-23)28-21(19-8-4-5-9-22(19)31-25)15-20(27-28)17-6-2-1-3-7-17/h1-14,21,29H,15H2,(H,26,30)/b23-14-/t21-,25+/m0/s1. The first-order valence-corrected chi connectivity index (χ1v) is 11.2. The lowest BCUT2D eigenvalue weighted by molar-refractivity contribution is -0.127. The van der Waals surface area contributed by atoms with Gasteiger partial charge in [-0.1, -0.05) is 60.7 Å². The van der Waals surface area contributed by atoms with Gasteiger partial charge in [-0.05, 0) is 47.2 Å². The molecule has 3 aliphatic heterocycles. The highest BCUT2D eigenvalue weighted by molar-refractivity contribution is 8.05. The maximum atomic E-state index is 13.0. The molecule has 6 rings (SSSR count). The minimum absolute atomic E-state index is 0.0454. The van der Waals surface area contributed by atoms with E-state index in [9.17, 15) is 9.90 Å². The second kappa shape index (κ2) is 7.17. The zero-order chi connectivity index (χ0) is 21.7. The molecule has 3 aromatic carbocycles. The predicted molar refractivity (Wildman–Crippen MR) is 124 cm³/mol. The molecule has 2 atom stereocenters. The Labute approximate surface area is 189 Å². The van der Waals surface area contributed by atoms with Gasteiger partial charge in [-0.3, -0.25) is 10.1 Å². The topological polar surface area (TPSA) is 74.2 Å². The molecule has 6 nitrogen and oxygen atoms in total. The number of nitrogens with one attached hydrogen (secondary N) is 1. The summed E-state index contributed by atoms with van der Waals surface area (Å²) in [5.41, 5.74) is 3.89. The molecule has 7 heteroatoms. The van der Waals surface area contributed by atoms with Crippen LogP contribution in [0.5, 0.6) is 11.5 Å². The van der Waals surface area contributed by atoms with Crippen molar-refractivity contribution in [3.05, 3.63) is 100 Å². The number of carbonyl (C=O) groups excluding carboxylic acids is 1. The fraction of sp³-hybridized carbons (Fsp3) is 0.120. The maximum Gasteiger partial charge on any atom is 0.336 e. The summed E-state index contributed by atoms with van der Waals surface area (Å²) in [4.78, 5) is 13.5. The predicted octanol–water partition coefficient (Wildman–Crippen LogP) is 4.45. The number of phenolic OH excluding ortho intramolecular Hbond substituents is 1. The van der Waals surface area contributed by atoms with Crippen LogP contribution in [-0.4, -0.2) is 26.9 Å². The molecule has 1 fully saturated rings. The van der Waals surface area contributed by atoms with E-state index in [0.717, 1.165) is 34.6 Å². The zero-order valence-corrected chi connectivity index (χ0v) is 17.8. The molecule has 3 heterocycles. The largest absolute Gasteiger partial charge is 0.508 e. The molecule has 0 unspecified atom stereocenters. The molecule has 0 aliphatic carbocycles. The van der Waals surface area contributed by atoms with Gasteiger partial charge in [-0.25, -0.2) is 5.01 Å². The number of nitrogens with zero attached hydrogens (tertiary/aromatic N) is 2. The van der Waals surface area contributed by atoms with E-state index in [4.69, 9.17) is 9.84 Å². The summed E-state index contributed by atoms with van der Waals surface area (Å²) in [5.74, 6) is 0.712. The van der Waals surface area contributed by atoms with E-state index in [1.165, 1.54) is 11.8 Å². The number of thioether (sulfide) groups is 1. The summed E-state index contributed by atoms with van der Waals surface area (Å²) in [6.07, 6.45) is 2.52. The quantitative estimate of drug-likeness (QED) is 0.575. The molecule has 1 amide bonds. The van der Waals surface area contributed by atoms with Crippen LogP contribution in [0.15, 0.2) is 88.9 Å². The second-order valence-electron chi connectivity index (χ2n) is 7.86. The van der Waals surface area contributed by atoms with Crippen LogP contribution in [-0.2, 0) is 4.79 Å². The number of hydrazone groups is 1. The molecule has 2 N–H and O–H groups in total. The minimum atomic E-state index is -1.16. The first kappa shape index (κ1) is 19.0. The van der Waals surface area contributed by atoms with Gasteiger partial charge in [0.05, 0.1) is 16.7 Å². The van der Waals surface area contributed by atoms with Crippen molar-refractivity contribution < 1.29 is 14.6 Å². The monoisotopic (exact) mass is 441 g/mol. The van der Waals surface area contributed by atoms with E-state index in [1.54, 1.807) is 30.3 Å². The van der Waals surface area contributed by atoms with Crippen LogP contribution in [0, 0.1) is 0 Å². The Morgan fingerprint density at radius 1 is 1.06 bits per heavy atom. The molecule has 158 valence electrons. The molecular formula is C25H19N3O3S. The SMILES string of the molecule is O=C1N[C@@]2(Oc3ccccc3[C@@H]3CC(c4ccccc4)=NN32)S/C1=C\c1ccc(O)cc1. The summed E-state index contributed by atoms with van der Waals surface area (Å²) in [6, 6.07) is 24.7. The number of fused-ring (bicyclic) bond motifs is 4. The van der Waals surface area contributed by atoms with Gasteiger partial charge >= 0.3 is 5.18 Å². The third-order valence-electron chi connectivity index (χ3n) is 5.78. The van der Waals surface area contributed by atoms with Gasteiger partial charge in [0.25, 0.3) is 5.91 Å². The van der Waals surface area contributed by atoms with Crippen LogP contribution in [0.1, 0.15) is 29.2 Å². The molecule has 0 radical (unpaired) electrons. The van der Waals surface area contributed by atoms with Crippen molar-refractivity contribution in [1.29, 1.82) is 0 Å². The Bertz CT molecular complexity index is 1270. The van der Waals surface area contributed by atoms with Crippen LogP contribution >= 0.6 is 11.8 Å². The smallest absolute Gasteiger partial charge is 0.336 e. The number of ether oxygens (including phenoxy) is 1. The fourth-order valence-electron chi connectivity index (χ4n) is 4.27. The van der Waals surface area contributed by atoms with Crippen LogP contribution in [0.4, 0.5) is 0 Å². The summed E-state index contributed by atoms with van der Waals surface area (Å²) in [5, 5.41) is 18.2. The van der Waals surface area contributed by atoms with Crippen LogP contribution < -0.4 is 10.1 Å². The first-order chi connectivity index (χ1) is 15.6. The molecule has 1 saturated heterocycles. The van der Waals surface area contributed by atoms with Gasteiger partial charge in [0, 0.05) is 12.0 Å². The van der Waals surface area contributed by atoms with Crippen molar-refractivity contribution in [1.82, 2.24) is 10.3 Å². The van der Waals surface area contributed by atoms with E-state index in [0.29, 0.717) is 4.91 Å². The van der Waals surface area contributed by atoms with E-state index in [2.05, 4.69) is 11.4 Å². The number of aromatic hydroxyl groups is 1. The molecule has 3 aromatic rings. The van der Waals surface area contributed by atoms with Gasteiger partial charge in [0.15, 0.2) is 0 Å². The number of rotatable bonds is 2. The van der Waals surface area contributed by atoms with Gasteiger partial charge < -0.3 is 9.84 Å². The van der Waals surface area contributed by atoms with Gasteiger partial charge in [0.1, 0.15) is 11.5 Å². The number of para-hydroxylation sites is 1. The van der Waals surface area contributed by atoms with Crippen molar-refractivity contribution in [2.24, 2.45) is 5.10 Å². The first-order valence-electron chi connectivity index (χ1n) is 10.3. The van der Waals surface area contributed by atoms with E-state index >= 15 is 0 Å². The molecular weight excluding hydrogens is 422 g/mol. The van der Waals surface area contributed by atoms with E-state index < -0.39 is 5.18 Å². The maximum absolute atomic E-state index is 13.0. The molecule has 1 spiro atoms. The molecule has 32 heavy (non-hydrogen) atoms. The van der Waals surface area contributed by atoms with Crippen LogP contribution in [0.2, 0.25) is 0 Å². The molecule has 3 aliphatic rings. The fourth-order valence-corrected chi connectivity index (χ4v) is 5.44. The van der Waals surface area contributed by atoms with Crippen molar-refractivity contribution in [3.8, 4) is 11.5 Å². The lowest BCUT2D eigenvalue weighted by atomic mass is 9.97. The van der Waals surface area contributed by atoms with Gasteiger partial charge in [-0.15, -0.1) is 0 Å². The zero-order valence-electron chi connectivity index (χ0n) is 16.9. The number of amides is 1. The Hall–Kier alpha value is -3.71. The normalized spacial score (nSPS) is 24.7. The Morgan fingerprint density at radius 3 is 2.62 bits per heavy atom. The van der Waals surface area contributed by atoms with Gasteiger partial charge in [-0.2, -0.15) is 5.10 Å². The molecule has 0 aromatic heterocycles. The average molecular weight is 442 g/mol. The second-order valence-corrected chi connectivity index (χ2v) is 9.05. The lowest BCUT2D eigenvalue weighted by Crippen LogP contribution is -2.58. The number of hydrogen-bond acceptors (Lipinski definition) is 6. The third-order valence-corrected chi connectivity index (χ3v) is 6.95. The molecule has 0 bridgehead atoms. The highest BCUT2D eigenvalue weighted by atomic mass is 32.2. The van der Waals surface area contributed by atoms with Crippen LogP contribution in [0.25, 0.3) is 6.08 Å². The highest BCUT2D eigenvalue weighted by Crippen LogP contribution is 2.53. The summed E-state index contributed by atoms with van der Waals surface area (Å²) >= 11 is 1.31. The summed E-state index contributed by atoms with van der Waals surface area (Å²) in [6.45, 7) is 0. The summed E-state index contributed by atoms with van der Waals surface area (Å²) < 4.78 is 6.41. The molecule has 0 saturated carbocycles. The number of benzene rings is 3. The van der Waals surface area contributed by atoms with Crippen molar-refractivity contribution >= 4 is 29.5 Å². The Kier molecular flexibility index (Phi) is 4.26. The minimum Gasteiger partial charge on any atom is -0.508 e. The number of carbonyl (C=O) groups is 1. The third kappa shape index (κ3) is 3.05. The van der Waals surface area contributed by atoms with Crippen molar-refractivity contribution in [2.45, 2.75) is 17.6 Å².